The van der Waals surface area contributed by atoms with Gasteiger partial charge < -0.3 is 0 Å². The van der Waals surface area contributed by atoms with E-state index < -0.39 is 29.8 Å². The average molecular weight is 612 g/mol. The molecule has 1 unspecified atom stereocenters. The number of aliphatic imine (C=N–C) groups is 1. The Bertz CT molecular complexity index is 1050. The summed E-state index contributed by atoms with van der Waals surface area (Å²) in [4.78, 5) is 11.2. The Morgan fingerprint density at radius 2 is 1.58 bits per heavy atom. The zero-order valence-corrected chi connectivity index (χ0v) is 18.2. The molecular formula is C20H14F5IrN5. The molecule has 0 saturated heterocycles. The van der Waals surface area contributed by atoms with Crippen LogP contribution in [0.3, 0.4) is 0 Å². The molecule has 4 rings (SSSR count). The van der Waals surface area contributed by atoms with Crippen LogP contribution in [0.15, 0.2) is 76.1 Å². The number of azo groups is 1. The Morgan fingerprint density at radius 3 is 2.10 bits per heavy atom. The molecule has 1 atom stereocenters. The Labute approximate surface area is 187 Å². The Hall–Kier alpha value is -2.91. The fraction of sp³-hybridized carbons (Fsp3) is 0.150. The number of aryl methyl sites for hydroxylation is 1. The summed E-state index contributed by atoms with van der Waals surface area (Å²) in [5.41, 5.74) is 1.77. The number of amidine groups is 1. The van der Waals surface area contributed by atoms with Crippen LogP contribution < -0.4 is 0 Å². The van der Waals surface area contributed by atoms with Gasteiger partial charge in [-0.1, -0.05) is 12.1 Å². The van der Waals surface area contributed by atoms with E-state index in [9.17, 15) is 22.0 Å². The minimum Gasteiger partial charge on any atom is -0.257 e. The summed E-state index contributed by atoms with van der Waals surface area (Å²) >= 11 is 0. The van der Waals surface area contributed by atoms with E-state index in [1.54, 1.807) is 49.5 Å². The van der Waals surface area contributed by atoms with Gasteiger partial charge in [-0.05, 0) is 42.8 Å². The van der Waals surface area contributed by atoms with Crippen molar-refractivity contribution >= 4 is 5.84 Å². The van der Waals surface area contributed by atoms with E-state index in [1.165, 1.54) is 12.3 Å². The largest absolute Gasteiger partial charge is 0.453 e. The molecule has 1 aliphatic rings. The van der Waals surface area contributed by atoms with Crippen LogP contribution >= 0.6 is 0 Å². The quantitative estimate of drug-likeness (QED) is 0.342. The van der Waals surface area contributed by atoms with E-state index in [0.29, 0.717) is 22.5 Å². The molecule has 0 saturated carbocycles. The Balaban J connectivity index is 0.000000213. The van der Waals surface area contributed by atoms with Crippen molar-refractivity contribution in [3.05, 3.63) is 83.8 Å². The van der Waals surface area contributed by atoms with Gasteiger partial charge in [-0.2, -0.15) is 18.3 Å². The molecule has 0 aliphatic carbocycles. The molecule has 3 heterocycles. The number of rotatable bonds is 2. The minimum absolute atomic E-state index is 0. The Morgan fingerprint density at radius 1 is 0.903 bits per heavy atom. The minimum atomic E-state index is -4.55. The summed E-state index contributed by atoms with van der Waals surface area (Å²) in [7, 11) is 0. The molecule has 0 fully saturated rings. The molecule has 0 N–H and O–H groups in total. The first-order valence-electron chi connectivity index (χ1n) is 8.59. The maximum absolute atomic E-state index is 13.5. The first kappa shape index (κ1) is 24.4. The average Bonchev–Trinajstić information content (AvgIpc) is 3.20. The number of hydrogen-bond acceptors (Lipinski definition) is 5. The monoisotopic (exact) mass is 612 g/mol. The molecule has 0 bridgehead atoms. The summed E-state index contributed by atoms with van der Waals surface area (Å²) in [5.74, 6) is -2.35. The first-order valence-corrected chi connectivity index (χ1v) is 8.59. The van der Waals surface area contributed by atoms with Crippen molar-refractivity contribution in [2.24, 2.45) is 15.2 Å². The third-order valence-corrected chi connectivity index (χ3v) is 3.89. The molecule has 11 heteroatoms. The molecule has 1 radical (unpaired) electrons. The van der Waals surface area contributed by atoms with Gasteiger partial charge in [-0.15, -0.1) is 5.11 Å². The van der Waals surface area contributed by atoms with Gasteiger partial charge in [0.1, 0.15) is 11.6 Å². The molecule has 3 aromatic rings. The van der Waals surface area contributed by atoms with Crippen molar-refractivity contribution in [1.82, 2.24) is 9.97 Å². The fourth-order valence-electron chi connectivity index (χ4n) is 2.60. The fourth-order valence-corrected chi connectivity index (χ4v) is 2.60. The van der Waals surface area contributed by atoms with Gasteiger partial charge in [-0.25, -0.2) is 13.8 Å². The second-order valence-corrected chi connectivity index (χ2v) is 6.09. The maximum atomic E-state index is 13.5. The summed E-state index contributed by atoms with van der Waals surface area (Å²) < 4.78 is 62.8. The normalized spacial score (nSPS) is 14.9. The molecule has 0 spiro atoms. The topological polar surface area (TPSA) is 62.9 Å². The van der Waals surface area contributed by atoms with Gasteiger partial charge in [0.2, 0.25) is 6.17 Å². The van der Waals surface area contributed by atoms with Gasteiger partial charge in [0.05, 0.1) is 11.4 Å². The van der Waals surface area contributed by atoms with E-state index in [4.69, 9.17) is 0 Å². The van der Waals surface area contributed by atoms with E-state index >= 15 is 0 Å². The molecule has 31 heavy (non-hydrogen) atoms. The van der Waals surface area contributed by atoms with E-state index in [2.05, 4.69) is 25.2 Å². The van der Waals surface area contributed by atoms with Gasteiger partial charge in [0.25, 0.3) is 5.84 Å². The second kappa shape index (κ2) is 10.4. The number of alkyl halides is 3. The first-order chi connectivity index (χ1) is 14.3. The van der Waals surface area contributed by atoms with Crippen molar-refractivity contribution in [3.63, 3.8) is 0 Å². The van der Waals surface area contributed by atoms with Gasteiger partial charge >= 0.3 is 6.18 Å². The van der Waals surface area contributed by atoms with Crippen LogP contribution in [0.5, 0.6) is 0 Å². The van der Waals surface area contributed by atoms with Crippen LogP contribution in [0.1, 0.15) is 17.4 Å². The molecule has 163 valence electrons. The van der Waals surface area contributed by atoms with E-state index in [-0.39, 0.29) is 20.1 Å². The molecule has 5 nitrogen and oxygen atoms in total. The van der Waals surface area contributed by atoms with E-state index in [0.717, 1.165) is 6.07 Å². The standard InChI is InChI=1S/C12H9F2N.C8H5F3N4.Ir/c1-8-6-9(13)7-10(14)12(8)11-4-2-3-5-15-11;9-8(10,11)7-13-6(14-15-7)5-3-1-2-4-12-5;/h2-7H,1H3;1-4,6H;. The van der Waals surface area contributed by atoms with Crippen LogP contribution in [-0.4, -0.2) is 22.0 Å². The van der Waals surface area contributed by atoms with Crippen molar-refractivity contribution < 1.29 is 42.1 Å². The summed E-state index contributed by atoms with van der Waals surface area (Å²) in [5, 5.41) is 6.37. The van der Waals surface area contributed by atoms with Crippen molar-refractivity contribution in [2.45, 2.75) is 19.3 Å². The zero-order valence-electron chi connectivity index (χ0n) is 15.8. The van der Waals surface area contributed by atoms with Crippen molar-refractivity contribution in [1.29, 1.82) is 0 Å². The van der Waals surface area contributed by atoms with Gasteiger partial charge in [0.15, 0.2) is 0 Å². The maximum Gasteiger partial charge on any atom is 0.453 e. The zero-order chi connectivity index (χ0) is 21.7. The van der Waals surface area contributed by atoms with E-state index in [1.807, 2.05) is 0 Å². The summed E-state index contributed by atoms with van der Waals surface area (Å²) in [6, 6.07) is 12.2. The molecule has 0 amide bonds. The second-order valence-electron chi connectivity index (χ2n) is 6.09. The van der Waals surface area contributed by atoms with Gasteiger partial charge in [0, 0.05) is 44.1 Å². The molecule has 1 aromatic carbocycles. The number of aromatic nitrogens is 2. The SMILES string of the molecule is Cc1cc(F)cc(F)c1-c1ccccn1.FC(F)(F)C1=NC(c2ccccn2)N=N1.[Ir]. The molecule has 1 aliphatic heterocycles. The number of nitrogens with zero attached hydrogens (tertiary/aromatic N) is 5. The predicted molar refractivity (Wildman–Crippen MR) is 99.6 cm³/mol. The number of halogens is 5. The predicted octanol–water partition coefficient (Wildman–Crippen LogP) is 5.84. The number of benzene rings is 1. The number of hydrogen-bond donors (Lipinski definition) is 0. The molecule has 2 aromatic heterocycles. The molecular weight excluding hydrogens is 597 g/mol. The third kappa shape index (κ3) is 6.28. The smallest absolute Gasteiger partial charge is 0.257 e. The summed E-state index contributed by atoms with van der Waals surface area (Å²) in [6.07, 6.45) is -2.47. The summed E-state index contributed by atoms with van der Waals surface area (Å²) in [6.45, 7) is 1.66. The van der Waals surface area contributed by atoms with Crippen LogP contribution in [0.2, 0.25) is 0 Å². The van der Waals surface area contributed by atoms with Crippen molar-refractivity contribution in [3.8, 4) is 11.3 Å². The van der Waals surface area contributed by atoms with Crippen LogP contribution in [0.4, 0.5) is 22.0 Å². The third-order valence-electron chi connectivity index (χ3n) is 3.89. The van der Waals surface area contributed by atoms with Crippen LogP contribution in [0.25, 0.3) is 11.3 Å². The van der Waals surface area contributed by atoms with Crippen LogP contribution in [0, 0.1) is 18.6 Å². The van der Waals surface area contributed by atoms with Crippen molar-refractivity contribution in [2.75, 3.05) is 0 Å². The number of pyridine rings is 2. The van der Waals surface area contributed by atoms with Crippen LogP contribution in [-0.2, 0) is 20.1 Å². The Kier molecular flexibility index (Phi) is 8.18. The van der Waals surface area contributed by atoms with Gasteiger partial charge in [-0.3, -0.25) is 9.97 Å².